The topological polar surface area (TPSA) is 166 Å². The van der Waals surface area contributed by atoms with Crippen molar-refractivity contribution in [2.45, 2.75) is 44.6 Å². The van der Waals surface area contributed by atoms with Gasteiger partial charge < -0.3 is 15.3 Å². The van der Waals surface area contributed by atoms with Crippen molar-refractivity contribution in [1.29, 1.82) is 0 Å². The monoisotopic (exact) mass is 821 g/mol. The Bertz CT molecular complexity index is 2600. The van der Waals surface area contributed by atoms with E-state index in [1.807, 2.05) is 53.7 Å². The minimum atomic E-state index is -1.78. The average molecular weight is 822 g/mol. The number of piperazine rings is 1. The van der Waals surface area contributed by atoms with Crippen LogP contribution in [0.4, 0.5) is 29.6 Å². The summed E-state index contributed by atoms with van der Waals surface area (Å²) in [6, 6.07) is 10.4. The van der Waals surface area contributed by atoms with E-state index in [1.54, 1.807) is 15.6 Å². The largest absolute Gasteiger partial charge is 0.503 e. The number of nitrogens with zero attached hydrogens (tertiary/aromatic N) is 9. The maximum absolute atomic E-state index is 14.1. The van der Waals surface area contributed by atoms with E-state index in [0.29, 0.717) is 24.2 Å². The molecule has 2 aromatic carbocycles. The first-order valence-corrected chi connectivity index (χ1v) is 20.1. The number of carbonyl (C=O) groups is 3. The van der Waals surface area contributed by atoms with Gasteiger partial charge in [-0.15, -0.1) is 0 Å². The number of urea groups is 1. The summed E-state index contributed by atoms with van der Waals surface area (Å²) >= 11 is 0. The van der Waals surface area contributed by atoms with Gasteiger partial charge in [-0.1, -0.05) is 18.2 Å². The van der Waals surface area contributed by atoms with Crippen molar-refractivity contribution in [3.63, 3.8) is 0 Å². The summed E-state index contributed by atoms with van der Waals surface area (Å²) in [4.78, 5) is 52.0. The molecule has 3 N–H and O–H groups in total. The number of nitrogens with one attached hydrogen (secondary N) is 2. The lowest BCUT2D eigenvalue weighted by molar-refractivity contribution is -0.120. The van der Waals surface area contributed by atoms with Crippen molar-refractivity contribution in [3.05, 3.63) is 96.0 Å². The number of amides is 4. The third kappa shape index (κ3) is 7.81. The normalized spacial score (nSPS) is 19.0. The molecule has 0 radical (unpaired) electrons. The van der Waals surface area contributed by atoms with Gasteiger partial charge in [-0.2, -0.15) is 14.6 Å². The van der Waals surface area contributed by atoms with E-state index < -0.39 is 40.7 Å². The first-order chi connectivity index (χ1) is 29.1. The molecule has 1 saturated carbocycles. The van der Waals surface area contributed by atoms with E-state index in [1.165, 1.54) is 0 Å². The number of hydrogen-bond donors (Lipinski definition) is 3. The fourth-order valence-electron chi connectivity index (χ4n) is 8.35. The van der Waals surface area contributed by atoms with Gasteiger partial charge in [0.25, 0.3) is 5.91 Å². The number of halogens is 3. The summed E-state index contributed by atoms with van der Waals surface area (Å²) in [5.74, 6) is -6.60. The van der Waals surface area contributed by atoms with Crippen molar-refractivity contribution >= 4 is 45.9 Å². The van der Waals surface area contributed by atoms with E-state index in [9.17, 15) is 32.7 Å². The molecule has 3 fully saturated rings. The molecule has 2 aliphatic heterocycles. The summed E-state index contributed by atoms with van der Waals surface area (Å²) in [6.07, 6.45) is 13.7. The van der Waals surface area contributed by atoms with Gasteiger partial charge in [0.15, 0.2) is 17.4 Å². The van der Waals surface area contributed by atoms with Crippen LogP contribution in [0.3, 0.4) is 0 Å². The Morgan fingerprint density at radius 2 is 1.67 bits per heavy atom. The first-order valence-electron chi connectivity index (χ1n) is 20.1. The predicted octanol–water partition coefficient (Wildman–Crippen LogP) is 5.24. The number of benzene rings is 2. The van der Waals surface area contributed by atoms with Gasteiger partial charge in [-0.25, -0.2) is 28.1 Å². The van der Waals surface area contributed by atoms with Crippen LogP contribution in [0.25, 0.3) is 27.5 Å². The number of pyridine rings is 1. The van der Waals surface area contributed by atoms with Crippen molar-refractivity contribution in [1.82, 2.24) is 44.9 Å². The second-order valence-electron chi connectivity index (χ2n) is 15.7. The molecule has 0 bridgehead atoms. The molecule has 6 heterocycles. The number of imide groups is 1. The van der Waals surface area contributed by atoms with Gasteiger partial charge >= 0.3 is 6.03 Å². The van der Waals surface area contributed by atoms with Crippen LogP contribution < -0.4 is 20.4 Å². The lowest BCUT2D eigenvalue weighted by Gasteiger charge is -2.34. The number of aromatic hydroxyl groups is 1. The molecule has 4 amide bonds. The summed E-state index contributed by atoms with van der Waals surface area (Å²) in [5.41, 5.74) is 4.57. The van der Waals surface area contributed by atoms with Crippen molar-refractivity contribution in [2.75, 3.05) is 55.6 Å². The summed E-state index contributed by atoms with van der Waals surface area (Å²) < 4.78 is 45.4. The number of phenolic OH excluding ortho intramolecular Hbond substituents is 1. The summed E-state index contributed by atoms with van der Waals surface area (Å²) in [5, 5.41) is 24.6. The van der Waals surface area contributed by atoms with Crippen molar-refractivity contribution in [2.24, 2.45) is 5.92 Å². The van der Waals surface area contributed by atoms with Crippen LogP contribution in [0.1, 0.15) is 54.1 Å². The van der Waals surface area contributed by atoms with Crippen LogP contribution in [-0.2, 0) is 11.2 Å². The van der Waals surface area contributed by atoms with Crippen LogP contribution >= 0.6 is 0 Å². The molecule has 2 saturated heterocycles. The lowest BCUT2D eigenvalue weighted by atomic mass is 9.86. The molecular formula is C42H42F3N11O4. The standard InChI is InChI=1S/C42H42F3N11O4/c43-32-18-31(37(44)38(45)39(32)58)40(59)46-19-25-1-6-30(7-2-25)55-24-28-5-4-27(17-33(28)51-55)29-20-47-41(48-21-29)53-15-13-52(14-16-53)11-9-26-3-8-34-35(22-49-56(34)23-26)54-12-10-36(57)50-42(54)60/h3-5,8,17-18,20-25,30,58H,1-2,6-7,9-16,19H2,(H,46,59)(H,50,57,60)/t25-,30-. The second kappa shape index (κ2) is 16.2. The molecule has 0 atom stereocenters. The molecule has 3 aliphatic rings. The molecule has 15 nitrogen and oxygen atoms in total. The Morgan fingerprint density at radius 3 is 2.43 bits per heavy atom. The predicted molar refractivity (Wildman–Crippen MR) is 215 cm³/mol. The minimum Gasteiger partial charge on any atom is -0.503 e. The van der Waals surface area contributed by atoms with E-state index in [2.05, 4.69) is 31.6 Å². The quantitative estimate of drug-likeness (QED) is 0.156. The SMILES string of the molecule is O=C1CCN(c2cnn3cc(CCN4CCN(c5ncc(-c6ccc7cn([C@H]8CC[C@H](CNC(=O)c9cc(F)c(O)c(F)c9F)CC8)nc7c6)cn5)CC4)ccc23)C(=O)N1. The highest BCUT2D eigenvalue weighted by Crippen LogP contribution is 2.34. The van der Waals surface area contributed by atoms with Crippen LogP contribution in [0.2, 0.25) is 0 Å². The highest BCUT2D eigenvalue weighted by Gasteiger charge is 2.28. The van der Waals surface area contributed by atoms with Gasteiger partial charge in [0.2, 0.25) is 17.7 Å². The van der Waals surface area contributed by atoms with Crippen LogP contribution in [0, 0.1) is 23.4 Å². The Balaban J connectivity index is 0.743. The third-order valence-corrected chi connectivity index (χ3v) is 11.9. The lowest BCUT2D eigenvalue weighted by Crippen LogP contribution is -2.49. The van der Waals surface area contributed by atoms with E-state index >= 15 is 0 Å². The Morgan fingerprint density at radius 1 is 0.883 bits per heavy atom. The van der Waals surface area contributed by atoms with E-state index in [-0.39, 0.29) is 30.8 Å². The molecule has 0 spiro atoms. The average Bonchev–Trinajstić information content (AvgIpc) is 3.90. The number of phenols is 1. The zero-order valence-corrected chi connectivity index (χ0v) is 32.5. The third-order valence-electron chi connectivity index (χ3n) is 11.9. The van der Waals surface area contributed by atoms with Gasteiger partial charge in [0.1, 0.15) is 0 Å². The maximum atomic E-state index is 14.1. The molecule has 6 aromatic rings. The number of aromatic nitrogens is 6. The Labute approximate surface area is 341 Å². The van der Waals surface area contributed by atoms with Gasteiger partial charge in [-0.3, -0.25) is 29.4 Å². The summed E-state index contributed by atoms with van der Waals surface area (Å²) in [6.45, 7) is 4.84. The molecule has 310 valence electrons. The highest BCUT2D eigenvalue weighted by atomic mass is 19.2. The van der Waals surface area contributed by atoms with E-state index in [0.717, 1.165) is 97.9 Å². The van der Waals surface area contributed by atoms with Crippen LogP contribution in [0.5, 0.6) is 5.75 Å². The molecule has 0 unspecified atom stereocenters. The Hall–Kier alpha value is -6.56. The first kappa shape index (κ1) is 38.9. The Kier molecular flexibility index (Phi) is 10.5. The minimum absolute atomic E-state index is 0.114. The molecule has 1 aliphatic carbocycles. The number of hydrogen-bond acceptors (Lipinski definition) is 10. The zero-order valence-electron chi connectivity index (χ0n) is 32.5. The molecular weight excluding hydrogens is 780 g/mol. The molecule has 18 heteroatoms. The van der Waals surface area contributed by atoms with Gasteiger partial charge in [0, 0.05) is 88.0 Å². The van der Waals surface area contributed by atoms with Crippen molar-refractivity contribution < 1.29 is 32.7 Å². The van der Waals surface area contributed by atoms with Gasteiger partial charge in [-0.05, 0) is 67.3 Å². The molecule has 9 rings (SSSR count). The number of fused-ring (bicyclic) bond motifs is 2. The molecule has 4 aromatic heterocycles. The number of anilines is 2. The highest BCUT2D eigenvalue weighted by molar-refractivity contribution is 6.07. The smallest absolute Gasteiger partial charge is 0.328 e. The van der Waals surface area contributed by atoms with Crippen LogP contribution in [-0.4, -0.2) is 103 Å². The van der Waals surface area contributed by atoms with Crippen LogP contribution in [0.15, 0.2) is 67.4 Å². The molecule has 60 heavy (non-hydrogen) atoms. The fourth-order valence-corrected chi connectivity index (χ4v) is 8.35. The number of carbonyl (C=O) groups excluding carboxylic acids is 3. The van der Waals surface area contributed by atoms with E-state index in [4.69, 9.17) is 15.1 Å². The zero-order chi connectivity index (χ0) is 41.5. The fraction of sp³-hybridized carbons (Fsp3) is 0.357. The van der Waals surface area contributed by atoms with Crippen molar-refractivity contribution in [3.8, 4) is 16.9 Å². The maximum Gasteiger partial charge on any atom is 0.328 e. The number of rotatable bonds is 10. The van der Waals surface area contributed by atoms with Gasteiger partial charge in [0.05, 0.1) is 34.5 Å². The second-order valence-corrected chi connectivity index (χ2v) is 15.7. The summed E-state index contributed by atoms with van der Waals surface area (Å²) in [7, 11) is 0.